The smallest absolute Gasteiger partial charge is 0.394 e. The van der Waals surface area contributed by atoms with E-state index in [0.717, 1.165) is 4.57 Å². The minimum absolute atomic E-state index is 0.00920. The SMILES string of the molecule is Nc1ccn([C@H]2C[C@H](OP(=O)(O)OC[C@H]3O[C@@H](N)C[C@@H]3O)[C@@H](COP(=O)(O)O[C@H]3C[C@H](N)O[C@@H]3CO)O2)c(=O)n1. The number of nitrogens with zero attached hydrogens (tertiary/aromatic N) is 2. The number of nitrogens with two attached hydrogens (primary N) is 3. The van der Waals surface area contributed by atoms with Crippen LogP contribution < -0.4 is 22.9 Å². The lowest BCUT2D eigenvalue weighted by Crippen LogP contribution is -2.31. The highest BCUT2D eigenvalue weighted by Gasteiger charge is 2.45. The summed E-state index contributed by atoms with van der Waals surface area (Å²) >= 11 is 0. The molecule has 10 N–H and O–H groups in total. The zero-order valence-electron chi connectivity index (χ0n) is 21.0. The van der Waals surface area contributed by atoms with Crippen LogP contribution in [-0.2, 0) is 41.4 Å². The van der Waals surface area contributed by atoms with Crippen molar-refractivity contribution in [1.82, 2.24) is 9.55 Å². The van der Waals surface area contributed by atoms with Crippen molar-refractivity contribution >= 4 is 21.5 Å². The molecule has 19 nitrogen and oxygen atoms in total. The molecule has 3 fully saturated rings. The number of hydrogen-bond acceptors (Lipinski definition) is 16. The molecule has 3 aliphatic rings. The molecule has 0 aromatic carbocycles. The molecule has 228 valence electrons. The first-order valence-corrected chi connectivity index (χ1v) is 15.2. The van der Waals surface area contributed by atoms with Crippen molar-refractivity contribution in [2.24, 2.45) is 11.5 Å². The fraction of sp³-hybridized carbons (Fsp3) is 0.789. The van der Waals surface area contributed by atoms with E-state index in [-0.39, 0.29) is 25.1 Å². The molecular weight excluding hydrogens is 584 g/mol. The van der Waals surface area contributed by atoms with Crippen LogP contribution in [0.3, 0.4) is 0 Å². The molecule has 0 radical (unpaired) electrons. The highest BCUT2D eigenvalue weighted by molar-refractivity contribution is 7.47. The molecule has 3 saturated heterocycles. The van der Waals surface area contributed by atoms with Crippen LogP contribution in [0, 0.1) is 0 Å². The molecule has 1 aromatic heterocycles. The van der Waals surface area contributed by atoms with Crippen LogP contribution in [0.25, 0.3) is 0 Å². The molecule has 0 aliphatic carbocycles. The van der Waals surface area contributed by atoms with Crippen molar-refractivity contribution in [3.63, 3.8) is 0 Å². The molecule has 11 atom stereocenters. The summed E-state index contributed by atoms with van der Waals surface area (Å²) in [6.45, 7) is -1.75. The van der Waals surface area contributed by atoms with Gasteiger partial charge in [0, 0.05) is 25.5 Å². The molecular formula is C19H33N5O14P2. The number of anilines is 1. The van der Waals surface area contributed by atoms with Gasteiger partial charge in [0.2, 0.25) is 0 Å². The highest BCUT2D eigenvalue weighted by Crippen LogP contribution is 2.51. The maximum Gasteiger partial charge on any atom is 0.472 e. The van der Waals surface area contributed by atoms with Gasteiger partial charge in [0.05, 0.1) is 25.9 Å². The molecule has 3 aliphatic heterocycles. The lowest BCUT2D eigenvalue weighted by atomic mass is 10.2. The Morgan fingerprint density at radius 2 is 1.52 bits per heavy atom. The third-order valence-electron chi connectivity index (χ3n) is 6.34. The number of phosphoric ester groups is 2. The van der Waals surface area contributed by atoms with Crippen LogP contribution in [-0.4, -0.2) is 98.5 Å². The second-order valence-corrected chi connectivity index (χ2v) is 12.2. The second kappa shape index (κ2) is 12.9. The van der Waals surface area contributed by atoms with E-state index in [0.29, 0.717) is 0 Å². The van der Waals surface area contributed by atoms with Crippen molar-refractivity contribution in [3.05, 3.63) is 22.7 Å². The fourth-order valence-electron chi connectivity index (χ4n) is 4.45. The molecule has 0 amide bonds. The van der Waals surface area contributed by atoms with E-state index in [2.05, 4.69) is 4.98 Å². The topological polar surface area (TPSA) is 293 Å². The van der Waals surface area contributed by atoms with E-state index in [1.54, 1.807) is 0 Å². The highest BCUT2D eigenvalue weighted by atomic mass is 31.2. The Bertz CT molecular complexity index is 1180. The minimum Gasteiger partial charge on any atom is -0.394 e. The van der Waals surface area contributed by atoms with Gasteiger partial charge in [-0.2, -0.15) is 4.98 Å². The zero-order valence-corrected chi connectivity index (χ0v) is 22.8. The monoisotopic (exact) mass is 617 g/mol. The van der Waals surface area contributed by atoms with E-state index in [4.69, 9.17) is 49.5 Å². The average Bonchev–Trinajstić information content (AvgIpc) is 3.51. The first kappa shape index (κ1) is 31.6. The Balaban J connectivity index is 1.43. The summed E-state index contributed by atoms with van der Waals surface area (Å²) in [7, 11) is -9.63. The number of phosphoric acid groups is 2. The first-order valence-electron chi connectivity index (χ1n) is 12.2. The molecule has 4 heterocycles. The van der Waals surface area contributed by atoms with Gasteiger partial charge < -0.3 is 51.4 Å². The summed E-state index contributed by atoms with van der Waals surface area (Å²) in [6, 6.07) is 1.32. The van der Waals surface area contributed by atoms with Gasteiger partial charge in [0.1, 0.15) is 55.0 Å². The quantitative estimate of drug-likeness (QED) is 0.120. The summed E-state index contributed by atoms with van der Waals surface area (Å²) in [5.41, 5.74) is 16.0. The predicted molar refractivity (Wildman–Crippen MR) is 131 cm³/mol. The molecule has 40 heavy (non-hydrogen) atoms. The largest absolute Gasteiger partial charge is 0.472 e. The summed E-state index contributed by atoms with van der Waals surface area (Å²) in [4.78, 5) is 36.5. The molecule has 1 aromatic rings. The van der Waals surface area contributed by atoms with Gasteiger partial charge in [0.25, 0.3) is 0 Å². The van der Waals surface area contributed by atoms with Crippen LogP contribution in [0.15, 0.2) is 17.1 Å². The second-order valence-electron chi connectivity index (χ2n) is 9.37. The number of rotatable bonds is 12. The number of ether oxygens (including phenoxy) is 3. The molecule has 2 unspecified atom stereocenters. The first-order chi connectivity index (χ1) is 18.7. The number of aliphatic hydroxyl groups excluding tert-OH is 2. The van der Waals surface area contributed by atoms with Gasteiger partial charge >= 0.3 is 21.3 Å². The lowest BCUT2D eigenvalue weighted by Gasteiger charge is -2.24. The Morgan fingerprint density at radius 1 is 0.950 bits per heavy atom. The minimum atomic E-state index is -4.83. The van der Waals surface area contributed by atoms with Gasteiger partial charge in [-0.1, -0.05) is 0 Å². The van der Waals surface area contributed by atoms with Crippen molar-refractivity contribution in [3.8, 4) is 0 Å². The molecule has 0 bridgehead atoms. The number of nitrogen functional groups attached to an aromatic ring is 1. The Morgan fingerprint density at radius 3 is 2.10 bits per heavy atom. The van der Waals surface area contributed by atoms with E-state index in [1.165, 1.54) is 12.3 Å². The summed E-state index contributed by atoms with van der Waals surface area (Å²) < 4.78 is 62.9. The maximum absolute atomic E-state index is 12.7. The molecule has 21 heteroatoms. The van der Waals surface area contributed by atoms with Gasteiger partial charge in [-0.3, -0.25) is 22.7 Å². The molecule has 0 saturated carbocycles. The van der Waals surface area contributed by atoms with Crippen LogP contribution in [0.1, 0.15) is 25.5 Å². The summed E-state index contributed by atoms with van der Waals surface area (Å²) in [6.07, 6.45) is -8.11. The standard InChI is InChI=1S/C19H33N5O14P2/c20-15-1-2-24(19(27)23-15)18-5-11(38-39(28,29)32-7-13-9(26)3-16(21)35-13)14(36-18)8-33-40(30,31)37-10-4-17(22)34-12(10)6-25/h1-2,9-14,16-18,25-26H,3-8,21-22H2,(H,28,29)(H,30,31)(H2,20,23,27)/t9-,10-,11-,12+,13+,14+,16+,17+,18+/m0/s1. The normalized spacial score (nSPS) is 37.4. The molecule has 4 rings (SSSR count). The van der Waals surface area contributed by atoms with Crippen LogP contribution >= 0.6 is 15.6 Å². The van der Waals surface area contributed by atoms with Gasteiger partial charge in [-0.25, -0.2) is 13.9 Å². The predicted octanol–water partition coefficient (Wildman–Crippen LogP) is -2.38. The lowest BCUT2D eigenvalue weighted by molar-refractivity contribution is -0.0557. The Kier molecular flexibility index (Phi) is 10.1. The van der Waals surface area contributed by atoms with Crippen molar-refractivity contribution in [2.75, 3.05) is 25.6 Å². The number of aromatic nitrogens is 2. The van der Waals surface area contributed by atoms with E-state index in [9.17, 15) is 33.9 Å². The fourth-order valence-corrected chi connectivity index (χ4v) is 6.37. The summed E-state index contributed by atoms with van der Waals surface area (Å²) in [5, 5.41) is 19.3. The van der Waals surface area contributed by atoms with E-state index >= 15 is 0 Å². The third kappa shape index (κ3) is 8.13. The van der Waals surface area contributed by atoms with Crippen molar-refractivity contribution < 1.29 is 61.4 Å². The van der Waals surface area contributed by atoms with Gasteiger partial charge in [-0.05, 0) is 6.07 Å². The van der Waals surface area contributed by atoms with Crippen molar-refractivity contribution in [2.45, 2.75) is 74.6 Å². The zero-order chi connectivity index (χ0) is 29.2. The van der Waals surface area contributed by atoms with Crippen LogP contribution in [0.4, 0.5) is 5.82 Å². The Labute approximate surface area is 227 Å². The molecule has 0 spiro atoms. The van der Waals surface area contributed by atoms with Gasteiger partial charge in [0.15, 0.2) is 0 Å². The summed E-state index contributed by atoms with van der Waals surface area (Å²) in [5.74, 6) is -0.0496. The van der Waals surface area contributed by atoms with Crippen LogP contribution in [0.2, 0.25) is 0 Å². The maximum atomic E-state index is 12.7. The number of aliphatic hydroxyl groups is 2. The van der Waals surface area contributed by atoms with Crippen molar-refractivity contribution in [1.29, 1.82) is 0 Å². The van der Waals surface area contributed by atoms with Gasteiger partial charge in [-0.15, -0.1) is 0 Å². The third-order valence-corrected chi connectivity index (χ3v) is 8.37. The van der Waals surface area contributed by atoms with E-state index in [1.807, 2.05) is 0 Å². The Hall–Kier alpha value is -1.38. The average molecular weight is 617 g/mol. The number of hydrogen-bond donors (Lipinski definition) is 7. The van der Waals surface area contributed by atoms with Crippen LogP contribution in [0.5, 0.6) is 0 Å². The van der Waals surface area contributed by atoms with E-state index < -0.39 is 96.5 Å².